The topological polar surface area (TPSA) is 79.4 Å². The van der Waals surface area contributed by atoms with Crippen LogP contribution in [-0.2, 0) is 17.1 Å². The van der Waals surface area contributed by atoms with Gasteiger partial charge in [0.1, 0.15) is 0 Å². The van der Waals surface area contributed by atoms with Crippen molar-refractivity contribution in [3.8, 4) is 0 Å². The van der Waals surface area contributed by atoms with Crippen LogP contribution in [0.2, 0.25) is 0 Å². The number of nitrogens with zero attached hydrogens (tertiary/aromatic N) is 6. The van der Waals surface area contributed by atoms with E-state index in [1.54, 1.807) is 0 Å². The number of rotatable bonds is 6. The van der Waals surface area contributed by atoms with Gasteiger partial charge < -0.3 is 15.0 Å². The molecule has 3 aromatic carbocycles. The van der Waals surface area contributed by atoms with Gasteiger partial charge >= 0.3 is 17.1 Å². The number of hydrogen-bond acceptors (Lipinski definition) is 3. The zero-order chi connectivity index (χ0) is 47.6. The molecule has 6 nitrogen and oxygen atoms in total. The third-order valence-electron chi connectivity index (χ3n) is 9.24. The number of allylic oxidation sites excluding steroid dienone is 6. The van der Waals surface area contributed by atoms with E-state index in [-0.39, 0.29) is 75.4 Å². The van der Waals surface area contributed by atoms with Crippen LogP contribution in [0.15, 0.2) is 124 Å². The standard InChI is InChI=1S/3C15H6F5N2.CH4.Fe/c3*16-11-10(12(17)14(19)15(20)13(11)18)9(7-3-1-5-21-7)8-4-2-6-22-8;;/h3*1-6H;1H4;/q3*-1;;+3. The summed E-state index contributed by atoms with van der Waals surface area (Å²) >= 11 is 0. The molecule has 3 aliphatic heterocycles. The molecule has 349 valence electrons. The van der Waals surface area contributed by atoms with E-state index in [0.717, 1.165) is 0 Å². The van der Waals surface area contributed by atoms with Crippen molar-refractivity contribution in [2.75, 3.05) is 0 Å². The first kappa shape index (κ1) is 51.4. The summed E-state index contributed by atoms with van der Waals surface area (Å²) in [6.07, 6.45) is 16.6. The molecule has 0 saturated carbocycles. The van der Waals surface area contributed by atoms with Crippen molar-refractivity contribution in [3.63, 3.8) is 0 Å². The van der Waals surface area contributed by atoms with Gasteiger partial charge in [-0.1, -0.05) is 43.8 Å². The minimum Gasteiger partial charge on any atom is -0.664 e. The molecule has 3 aliphatic rings. The average molecular weight is 1000 g/mol. The Balaban J connectivity index is 0.000000188. The fourth-order valence-corrected chi connectivity index (χ4v) is 6.33. The van der Waals surface area contributed by atoms with Gasteiger partial charge in [0.05, 0.1) is 33.8 Å². The monoisotopic (exact) mass is 999 g/mol. The molecule has 0 spiro atoms. The molecule has 0 bridgehead atoms. The second-order valence-electron chi connectivity index (χ2n) is 13.1. The van der Waals surface area contributed by atoms with Crippen molar-refractivity contribution in [1.82, 2.24) is 15.0 Å². The summed E-state index contributed by atoms with van der Waals surface area (Å²) in [7, 11) is 0. The van der Waals surface area contributed by atoms with E-state index in [1.807, 2.05) is 0 Å². The van der Waals surface area contributed by atoms with Gasteiger partial charge in [-0.3, -0.25) is 15.0 Å². The second kappa shape index (κ2) is 21.4. The zero-order valence-corrected chi connectivity index (χ0v) is 33.7. The zero-order valence-electron chi connectivity index (χ0n) is 32.6. The van der Waals surface area contributed by atoms with Crippen molar-refractivity contribution in [2.24, 2.45) is 15.0 Å². The molecule has 0 saturated heterocycles. The maximum Gasteiger partial charge on any atom is 3.00 e. The first-order valence-electron chi connectivity index (χ1n) is 18.2. The molecular weight excluding hydrogens is 977 g/mol. The maximum atomic E-state index is 14.0. The Kier molecular flexibility index (Phi) is 16.2. The van der Waals surface area contributed by atoms with E-state index in [4.69, 9.17) is 0 Å². The quantitative estimate of drug-likeness (QED) is 0.0722. The van der Waals surface area contributed by atoms with Crippen LogP contribution < -0.4 is 15.0 Å². The van der Waals surface area contributed by atoms with Gasteiger partial charge in [-0.2, -0.15) is 18.6 Å². The van der Waals surface area contributed by atoms with E-state index < -0.39 is 104 Å². The van der Waals surface area contributed by atoms with E-state index in [1.165, 1.54) is 110 Å². The number of benzene rings is 3. The van der Waals surface area contributed by atoms with Crippen LogP contribution in [0.1, 0.15) is 41.2 Å². The fraction of sp³-hybridized carbons (Fsp3) is 0.0217. The van der Waals surface area contributed by atoms with Crippen molar-refractivity contribution in [1.29, 1.82) is 0 Å². The smallest absolute Gasteiger partial charge is 0.664 e. The molecule has 6 heterocycles. The molecule has 0 atom stereocenters. The second-order valence-corrected chi connectivity index (χ2v) is 13.1. The van der Waals surface area contributed by atoms with E-state index in [2.05, 4.69) is 29.9 Å². The van der Waals surface area contributed by atoms with E-state index in [0.29, 0.717) is 0 Å². The molecule has 1 radical (unpaired) electrons. The molecule has 0 N–H and O–H groups in total. The van der Waals surface area contributed by atoms with Gasteiger partial charge in [0, 0.05) is 18.6 Å². The van der Waals surface area contributed by atoms with E-state index >= 15 is 0 Å². The molecule has 0 aliphatic carbocycles. The molecule has 0 amide bonds. The summed E-state index contributed by atoms with van der Waals surface area (Å²) < 4.78 is 204. The number of halogens is 15. The summed E-state index contributed by atoms with van der Waals surface area (Å²) in [5.74, 6) is -30.2. The van der Waals surface area contributed by atoms with Gasteiger partial charge in [-0.15, -0.1) is 17.1 Å². The minimum atomic E-state index is -2.20. The summed E-state index contributed by atoms with van der Waals surface area (Å²) in [6, 6.07) is 8.60. The average Bonchev–Trinajstić information content (AvgIpc) is 4.18. The van der Waals surface area contributed by atoms with Gasteiger partial charge in [0.25, 0.3) is 0 Å². The predicted molar refractivity (Wildman–Crippen MR) is 216 cm³/mol. The molecule has 68 heavy (non-hydrogen) atoms. The van der Waals surface area contributed by atoms with Crippen LogP contribution in [0.25, 0.3) is 16.7 Å². The molecule has 22 heteroatoms. The molecule has 0 unspecified atom stereocenters. The minimum absolute atomic E-state index is 0. The Morgan fingerprint density at radius 1 is 0.324 bits per heavy atom. The summed E-state index contributed by atoms with van der Waals surface area (Å²) in [4.78, 5) is 23.2. The van der Waals surface area contributed by atoms with Crippen LogP contribution in [0.4, 0.5) is 65.9 Å². The van der Waals surface area contributed by atoms with Crippen LogP contribution in [-0.4, -0.2) is 18.6 Å². The molecule has 9 rings (SSSR count). The maximum absolute atomic E-state index is 14.0. The first-order valence-corrected chi connectivity index (χ1v) is 18.2. The molecule has 3 aromatic heterocycles. The van der Waals surface area contributed by atoms with Gasteiger partial charge in [0.15, 0.2) is 69.8 Å². The van der Waals surface area contributed by atoms with Crippen LogP contribution in [0.5, 0.6) is 0 Å². The Morgan fingerprint density at radius 3 is 0.691 bits per heavy atom. The largest absolute Gasteiger partial charge is 3.00 e. The Morgan fingerprint density at radius 2 is 0.529 bits per heavy atom. The normalized spacial score (nSPS) is 15.2. The van der Waals surface area contributed by atoms with Gasteiger partial charge in [0.2, 0.25) is 17.5 Å². The van der Waals surface area contributed by atoms with Crippen molar-refractivity contribution in [2.45, 2.75) is 7.43 Å². The Bertz CT molecular complexity index is 2710. The Labute approximate surface area is 384 Å². The number of hydrogen-bond donors (Lipinski definition) is 0. The Hall–Kier alpha value is -7.58. The number of aliphatic imine (C=N–C) groups is 3. The molecule has 0 fully saturated rings. The summed E-state index contributed by atoms with van der Waals surface area (Å²) in [5, 5.41) is 0. The van der Waals surface area contributed by atoms with Crippen molar-refractivity contribution >= 4 is 35.4 Å². The van der Waals surface area contributed by atoms with Crippen molar-refractivity contribution in [3.05, 3.63) is 230 Å². The summed E-state index contributed by atoms with van der Waals surface area (Å²) in [6.45, 7) is 0. The van der Waals surface area contributed by atoms with Gasteiger partial charge in [-0.25, -0.2) is 65.9 Å². The van der Waals surface area contributed by atoms with Crippen LogP contribution >= 0.6 is 0 Å². The third kappa shape index (κ3) is 9.50. The molecular formula is C46H22F15FeN6. The SMILES string of the molecule is C.Fc1c(F)c(F)c(C(=C2C=CC=N2)c2ccc[n-]2)c(F)c1F.Fc1c(F)c(F)c(C(=C2C=CC=N2)c2ccc[n-]2)c(F)c1F.Fc1c(F)c(F)c(C(=C2C=CC=N2)c2ccc[n-]2)c(F)c1F.[Fe+3]. The van der Waals surface area contributed by atoms with Crippen LogP contribution in [0, 0.1) is 87.3 Å². The predicted octanol–water partition coefficient (Wildman–Crippen LogP) is 11.9. The van der Waals surface area contributed by atoms with Crippen molar-refractivity contribution < 1.29 is 82.9 Å². The van der Waals surface area contributed by atoms with Gasteiger partial charge in [-0.05, 0) is 53.2 Å². The van der Waals surface area contributed by atoms with E-state index in [9.17, 15) is 65.9 Å². The summed E-state index contributed by atoms with van der Waals surface area (Å²) in [5.41, 5.74) is -3.58. The molecule has 6 aromatic rings. The van der Waals surface area contributed by atoms with Crippen LogP contribution in [0.3, 0.4) is 0 Å². The third-order valence-corrected chi connectivity index (χ3v) is 9.24. The number of aromatic nitrogens is 3. The first-order chi connectivity index (χ1) is 31.6. The fourth-order valence-electron chi connectivity index (χ4n) is 6.33.